The molecule has 0 atom stereocenters. The third-order valence-electron chi connectivity index (χ3n) is 3.58. The highest BCUT2D eigenvalue weighted by atomic mass is 16.5. The number of carbonyl (C=O) groups is 1. The third kappa shape index (κ3) is 4.24. The summed E-state index contributed by atoms with van der Waals surface area (Å²) in [5.74, 6) is -0.108. The Kier molecular flexibility index (Phi) is 5.21. The van der Waals surface area contributed by atoms with Gasteiger partial charge in [0.1, 0.15) is 0 Å². The third-order valence-corrected chi connectivity index (χ3v) is 3.58. The Morgan fingerprint density at radius 3 is 2.47 bits per heavy atom. The Hall–Kier alpha value is -1.55. The minimum absolute atomic E-state index is 0.108. The molecule has 2 rings (SSSR count). The molecule has 104 valence electrons. The quantitative estimate of drug-likeness (QED) is 0.757. The summed E-state index contributed by atoms with van der Waals surface area (Å²) >= 11 is 0. The first kappa shape index (κ1) is 13.9. The second kappa shape index (κ2) is 7.14. The van der Waals surface area contributed by atoms with Crippen molar-refractivity contribution in [3.63, 3.8) is 0 Å². The number of rotatable bonds is 5. The van der Waals surface area contributed by atoms with Crippen molar-refractivity contribution in [2.24, 2.45) is 0 Å². The molecule has 0 radical (unpaired) electrons. The summed E-state index contributed by atoms with van der Waals surface area (Å²) in [4.78, 5) is 15.9. The SMILES string of the molecule is COC(=O)CCCN1CCN(c2ccccc2)CC1. The summed E-state index contributed by atoms with van der Waals surface area (Å²) < 4.78 is 4.65. The van der Waals surface area contributed by atoms with Crippen LogP contribution in [0.1, 0.15) is 12.8 Å². The van der Waals surface area contributed by atoms with Gasteiger partial charge in [-0.25, -0.2) is 0 Å². The van der Waals surface area contributed by atoms with E-state index in [4.69, 9.17) is 0 Å². The molecule has 1 aliphatic rings. The smallest absolute Gasteiger partial charge is 0.305 e. The van der Waals surface area contributed by atoms with Crippen LogP contribution in [0.2, 0.25) is 0 Å². The number of piperazine rings is 1. The van der Waals surface area contributed by atoms with E-state index in [2.05, 4.69) is 38.8 Å². The van der Waals surface area contributed by atoms with Crippen LogP contribution in [0.4, 0.5) is 5.69 Å². The van der Waals surface area contributed by atoms with Gasteiger partial charge in [0.05, 0.1) is 7.11 Å². The van der Waals surface area contributed by atoms with Crippen molar-refractivity contribution in [1.82, 2.24) is 4.90 Å². The highest BCUT2D eigenvalue weighted by Crippen LogP contribution is 2.15. The number of esters is 1. The molecular weight excluding hydrogens is 240 g/mol. The van der Waals surface area contributed by atoms with Gasteiger partial charge in [0, 0.05) is 38.3 Å². The van der Waals surface area contributed by atoms with Crippen LogP contribution in [0.5, 0.6) is 0 Å². The number of para-hydroxylation sites is 1. The van der Waals surface area contributed by atoms with Crippen molar-refractivity contribution >= 4 is 11.7 Å². The summed E-state index contributed by atoms with van der Waals surface area (Å²) in [6, 6.07) is 10.5. The molecule has 4 heteroatoms. The highest BCUT2D eigenvalue weighted by Gasteiger charge is 2.16. The first-order valence-corrected chi connectivity index (χ1v) is 6.89. The Morgan fingerprint density at radius 2 is 1.84 bits per heavy atom. The van der Waals surface area contributed by atoms with Gasteiger partial charge in [-0.3, -0.25) is 9.69 Å². The molecule has 0 saturated carbocycles. The molecule has 0 aromatic heterocycles. The molecular formula is C15H22N2O2. The molecule has 0 amide bonds. The van der Waals surface area contributed by atoms with Gasteiger partial charge in [0.2, 0.25) is 0 Å². The lowest BCUT2D eigenvalue weighted by Gasteiger charge is -2.36. The number of ether oxygens (including phenoxy) is 1. The van der Waals surface area contributed by atoms with Crippen molar-refractivity contribution in [2.45, 2.75) is 12.8 Å². The monoisotopic (exact) mass is 262 g/mol. The predicted octanol–water partition coefficient (Wildman–Crippen LogP) is 1.76. The Balaban J connectivity index is 1.69. The standard InChI is InChI=1S/C15H22N2O2/c1-19-15(18)8-5-9-16-10-12-17(13-11-16)14-6-3-2-4-7-14/h2-4,6-7H,5,8-13H2,1H3. The zero-order valence-corrected chi connectivity index (χ0v) is 11.5. The highest BCUT2D eigenvalue weighted by molar-refractivity contribution is 5.69. The van der Waals surface area contributed by atoms with E-state index in [1.165, 1.54) is 12.8 Å². The molecule has 1 heterocycles. The molecule has 0 spiro atoms. The van der Waals surface area contributed by atoms with Crippen LogP contribution in [0.3, 0.4) is 0 Å². The van der Waals surface area contributed by atoms with E-state index in [1.54, 1.807) is 0 Å². The van der Waals surface area contributed by atoms with Crippen LogP contribution in [-0.4, -0.2) is 50.7 Å². The molecule has 1 aromatic carbocycles. The summed E-state index contributed by atoms with van der Waals surface area (Å²) in [6.45, 7) is 5.23. The lowest BCUT2D eigenvalue weighted by molar-refractivity contribution is -0.140. The minimum Gasteiger partial charge on any atom is -0.469 e. The molecule has 0 aliphatic carbocycles. The number of carbonyl (C=O) groups excluding carboxylic acids is 1. The Bertz CT molecular complexity index is 386. The topological polar surface area (TPSA) is 32.8 Å². The van der Waals surface area contributed by atoms with Crippen LogP contribution in [0.25, 0.3) is 0 Å². The van der Waals surface area contributed by atoms with Crippen molar-refractivity contribution in [1.29, 1.82) is 0 Å². The van der Waals surface area contributed by atoms with Gasteiger partial charge >= 0.3 is 5.97 Å². The first-order chi connectivity index (χ1) is 9.29. The minimum atomic E-state index is -0.108. The average Bonchev–Trinajstić information content (AvgIpc) is 2.48. The number of hydrogen-bond donors (Lipinski definition) is 0. The van der Waals surface area contributed by atoms with Gasteiger partial charge in [-0.1, -0.05) is 18.2 Å². The fraction of sp³-hybridized carbons (Fsp3) is 0.533. The zero-order valence-electron chi connectivity index (χ0n) is 11.5. The summed E-state index contributed by atoms with van der Waals surface area (Å²) in [6.07, 6.45) is 1.41. The molecule has 0 bridgehead atoms. The molecule has 19 heavy (non-hydrogen) atoms. The van der Waals surface area contributed by atoms with E-state index in [9.17, 15) is 4.79 Å². The van der Waals surface area contributed by atoms with Crippen LogP contribution < -0.4 is 4.90 Å². The molecule has 1 aromatic rings. The van der Waals surface area contributed by atoms with Crippen LogP contribution >= 0.6 is 0 Å². The maximum Gasteiger partial charge on any atom is 0.305 e. The lowest BCUT2D eigenvalue weighted by atomic mass is 10.2. The lowest BCUT2D eigenvalue weighted by Crippen LogP contribution is -2.46. The molecule has 1 saturated heterocycles. The Labute approximate surface area is 115 Å². The fourth-order valence-corrected chi connectivity index (χ4v) is 2.42. The largest absolute Gasteiger partial charge is 0.469 e. The summed E-state index contributed by atoms with van der Waals surface area (Å²) in [5, 5.41) is 0. The maximum absolute atomic E-state index is 11.0. The number of anilines is 1. The van der Waals surface area contributed by atoms with E-state index >= 15 is 0 Å². The van der Waals surface area contributed by atoms with Gasteiger partial charge < -0.3 is 9.64 Å². The molecule has 4 nitrogen and oxygen atoms in total. The van der Waals surface area contributed by atoms with E-state index in [-0.39, 0.29) is 5.97 Å². The first-order valence-electron chi connectivity index (χ1n) is 6.89. The molecule has 1 fully saturated rings. The van der Waals surface area contributed by atoms with E-state index in [1.807, 2.05) is 6.07 Å². The van der Waals surface area contributed by atoms with Crippen LogP contribution in [0.15, 0.2) is 30.3 Å². The summed E-state index contributed by atoms with van der Waals surface area (Å²) in [7, 11) is 1.45. The number of nitrogens with zero attached hydrogens (tertiary/aromatic N) is 2. The molecule has 1 aliphatic heterocycles. The van der Waals surface area contributed by atoms with Crippen LogP contribution in [-0.2, 0) is 9.53 Å². The van der Waals surface area contributed by atoms with Crippen molar-refractivity contribution < 1.29 is 9.53 Å². The number of benzene rings is 1. The van der Waals surface area contributed by atoms with E-state index < -0.39 is 0 Å². The van der Waals surface area contributed by atoms with Gasteiger partial charge in [-0.15, -0.1) is 0 Å². The second-order valence-electron chi connectivity index (χ2n) is 4.84. The second-order valence-corrected chi connectivity index (χ2v) is 4.84. The zero-order chi connectivity index (χ0) is 13.5. The summed E-state index contributed by atoms with van der Waals surface area (Å²) in [5.41, 5.74) is 1.30. The number of methoxy groups -OCH3 is 1. The van der Waals surface area contributed by atoms with E-state index in [0.717, 1.165) is 39.1 Å². The van der Waals surface area contributed by atoms with Gasteiger partial charge in [0.25, 0.3) is 0 Å². The number of hydrogen-bond acceptors (Lipinski definition) is 4. The normalized spacial score (nSPS) is 16.4. The maximum atomic E-state index is 11.0. The van der Waals surface area contributed by atoms with Crippen molar-refractivity contribution in [3.05, 3.63) is 30.3 Å². The molecule has 0 N–H and O–H groups in total. The average molecular weight is 262 g/mol. The van der Waals surface area contributed by atoms with Gasteiger partial charge in [-0.2, -0.15) is 0 Å². The molecule has 0 unspecified atom stereocenters. The van der Waals surface area contributed by atoms with Gasteiger partial charge in [-0.05, 0) is 25.1 Å². The Morgan fingerprint density at radius 1 is 1.16 bits per heavy atom. The predicted molar refractivity (Wildman–Crippen MR) is 76.3 cm³/mol. The van der Waals surface area contributed by atoms with E-state index in [0.29, 0.717) is 6.42 Å². The van der Waals surface area contributed by atoms with Crippen LogP contribution in [0, 0.1) is 0 Å². The van der Waals surface area contributed by atoms with Gasteiger partial charge in [0.15, 0.2) is 0 Å². The van der Waals surface area contributed by atoms with Crippen molar-refractivity contribution in [2.75, 3.05) is 44.7 Å². The van der Waals surface area contributed by atoms with Crippen molar-refractivity contribution in [3.8, 4) is 0 Å². The fourth-order valence-electron chi connectivity index (χ4n) is 2.42.